The molecule has 0 spiro atoms. The summed E-state index contributed by atoms with van der Waals surface area (Å²) in [6.07, 6.45) is 69.6. The highest BCUT2D eigenvalue weighted by molar-refractivity contribution is 5.71. The van der Waals surface area contributed by atoms with Gasteiger partial charge >= 0.3 is 17.9 Å². The lowest BCUT2D eigenvalue weighted by atomic mass is 10.0. The van der Waals surface area contributed by atoms with Crippen molar-refractivity contribution in [2.24, 2.45) is 0 Å². The van der Waals surface area contributed by atoms with Gasteiger partial charge in [0, 0.05) is 19.3 Å². The van der Waals surface area contributed by atoms with E-state index in [2.05, 4.69) is 69.4 Å². The molecule has 0 rings (SSSR count). The van der Waals surface area contributed by atoms with Gasteiger partial charge in [0.25, 0.3) is 0 Å². The molecule has 0 aromatic rings. The summed E-state index contributed by atoms with van der Waals surface area (Å²) in [6.45, 7) is 6.55. The van der Waals surface area contributed by atoms with E-state index >= 15 is 0 Å². The summed E-state index contributed by atoms with van der Waals surface area (Å²) in [5.74, 6) is -0.877. The number of ether oxygens (including phenoxy) is 3. The van der Waals surface area contributed by atoms with Crippen LogP contribution in [0.3, 0.4) is 0 Å². The second-order valence-electron chi connectivity index (χ2n) is 19.9. The highest BCUT2D eigenvalue weighted by Crippen LogP contribution is 2.17. The van der Waals surface area contributed by atoms with Crippen molar-refractivity contribution in [3.8, 4) is 0 Å². The summed E-state index contributed by atoms with van der Waals surface area (Å²) < 4.78 is 16.9. The lowest BCUT2D eigenvalue weighted by Gasteiger charge is -2.18. The van der Waals surface area contributed by atoms with Crippen molar-refractivity contribution >= 4 is 17.9 Å². The van der Waals surface area contributed by atoms with Crippen LogP contribution in [0, 0.1) is 0 Å². The monoisotopic (exact) mass is 953 g/mol. The Bertz CT molecular complexity index is 1190. The molecule has 0 fully saturated rings. The number of hydrogen-bond donors (Lipinski definition) is 0. The maximum atomic E-state index is 12.9. The van der Waals surface area contributed by atoms with Crippen LogP contribution in [0.4, 0.5) is 0 Å². The third-order valence-corrected chi connectivity index (χ3v) is 13.1. The van der Waals surface area contributed by atoms with E-state index in [-0.39, 0.29) is 31.1 Å². The van der Waals surface area contributed by atoms with Crippen LogP contribution in [0.5, 0.6) is 0 Å². The molecule has 0 amide bonds. The van der Waals surface area contributed by atoms with Gasteiger partial charge < -0.3 is 14.2 Å². The predicted molar refractivity (Wildman–Crippen MR) is 293 cm³/mol. The second kappa shape index (κ2) is 57.0. The van der Waals surface area contributed by atoms with Gasteiger partial charge in [0.2, 0.25) is 0 Å². The normalized spacial score (nSPS) is 12.3. The van der Waals surface area contributed by atoms with E-state index in [0.29, 0.717) is 19.3 Å². The molecule has 0 saturated heterocycles. The van der Waals surface area contributed by atoms with Gasteiger partial charge in [0.05, 0.1) is 0 Å². The average molecular weight is 954 g/mol. The number of unbranched alkanes of at least 4 members (excludes halogenated alkanes) is 35. The molecule has 6 heteroatoms. The molecule has 0 bridgehead atoms. The Kier molecular flexibility index (Phi) is 54.8. The second-order valence-corrected chi connectivity index (χ2v) is 19.9. The van der Waals surface area contributed by atoms with Crippen molar-refractivity contribution in [3.63, 3.8) is 0 Å². The van der Waals surface area contributed by atoms with Gasteiger partial charge in [-0.2, -0.15) is 0 Å². The summed E-state index contributed by atoms with van der Waals surface area (Å²) >= 11 is 0. The quantitative estimate of drug-likeness (QED) is 0.0262. The number of esters is 3. The van der Waals surface area contributed by atoms with Crippen molar-refractivity contribution in [2.75, 3.05) is 13.2 Å². The fraction of sp³-hybridized carbons (Fsp3) is 0.823. The highest BCUT2D eigenvalue weighted by atomic mass is 16.6. The largest absolute Gasteiger partial charge is 0.462 e. The molecule has 6 nitrogen and oxygen atoms in total. The van der Waals surface area contributed by atoms with E-state index in [0.717, 1.165) is 89.9 Å². The Morgan fingerprint density at radius 3 is 0.912 bits per heavy atom. The van der Waals surface area contributed by atoms with E-state index in [4.69, 9.17) is 14.2 Å². The van der Waals surface area contributed by atoms with Gasteiger partial charge in [-0.25, -0.2) is 0 Å². The Morgan fingerprint density at radius 2 is 0.574 bits per heavy atom. The molecular weight excluding hydrogens is 841 g/mol. The minimum Gasteiger partial charge on any atom is -0.462 e. The fourth-order valence-electron chi connectivity index (χ4n) is 8.63. The zero-order chi connectivity index (χ0) is 49.3. The molecule has 0 aliphatic carbocycles. The molecule has 0 N–H and O–H groups in total. The SMILES string of the molecule is CC/C=C\C/C=C\C/C=C\CCCCCCCCCC(=O)OCC(COC(=O)CCCCCCC/C=C\CCCCCCCCC)OC(=O)CCCCCCCCCCCCCCCCCCC. The molecule has 0 saturated carbocycles. The molecule has 0 radical (unpaired) electrons. The van der Waals surface area contributed by atoms with Crippen molar-refractivity contribution in [3.05, 3.63) is 48.6 Å². The van der Waals surface area contributed by atoms with E-state index in [9.17, 15) is 14.4 Å². The Labute approximate surface area is 422 Å². The van der Waals surface area contributed by atoms with Crippen LogP contribution < -0.4 is 0 Å². The summed E-state index contributed by atoms with van der Waals surface area (Å²) in [4.78, 5) is 38.2. The van der Waals surface area contributed by atoms with Crippen LogP contribution >= 0.6 is 0 Å². The van der Waals surface area contributed by atoms with E-state index in [1.165, 1.54) is 180 Å². The molecular formula is C62H112O6. The molecule has 0 aromatic heterocycles. The van der Waals surface area contributed by atoms with E-state index < -0.39 is 6.10 Å². The van der Waals surface area contributed by atoms with Crippen LogP contribution in [0.1, 0.15) is 310 Å². The fourth-order valence-corrected chi connectivity index (χ4v) is 8.63. The Balaban J connectivity index is 4.37. The van der Waals surface area contributed by atoms with E-state index in [1.54, 1.807) is 0 Å². The number of carbonyl (C=O) groups excluding carboxylic acids is 3. The molecule has 0 heterocycles. The zero-order valence-electron chi connectivity index (χ0n) is 45.4. The molecule has 0 aliphatic rings. The number of hydrogen-bond acceptors (Lipinski definition) is 6. The maximum Gasteiger partial charge on any atom is 0.306 e. The average Bonchev–Trinajstić information content (AvgIpc) is 3.34. The minimum absolute atomic E-state index is 0.0775. The first-order chi connectivity index (χ1) is 33.5. The lowest BCUT2D eigenvalue weighted by molar-refractivity contribution is -0.167. The van der Waals surface area contributed by atoms with Crippen molar-refractivity contribution in [1.29, 1.82) is 0 Å². The smallest absolute Gasteiger partial charge is 0.306 e. The van der Waals surface area contributed by atoms with Crippen molar-refractivity contribution in [2.45, 2.75) is 316 Å². The van der Waals surface area contributed by atoms with Crippen LogP contribution in [-0.2, 0) is 28.6 Å². The van der Waals surface area contributed by atoms with Crippen LogP contribution in [-0.4, -0.2) is 37.2 Å². The third-order valence-electron chi connectivity index (χ3n) is 13.1. The standard InChI is InChI=1S/C62H112O6/c1-4-7-10-13-16-19-22-25-28-31-34-37-40-43-46-49-52-55-61(64)67-58-59(57-66-60(63)54-51-48-45-42-39-36-33-30-27-24-21-18-15-12-9-6-3)68-62(65)56-53-50-47-44-41-38-35-32-29-26-23-20-17-14-11-8-5-2/h7,10,16,19,25,28,30,33,59H,4-6,8-9,11-15,17-18,20-24,26-27,29,31-32,34-58H2,1-3H3/b10-7-,19-16-,28-25-,33-30-. The minimum atomic E-state index is -0.778. The highest BCUT2D eigenvalue weighted by Gasteiger charge is 2.19. The Hall–Kier alpha value is -2.63. The first-order valence-electron chi connectivity index (χ1n) is 29.6. The summed E-state index contributed by atoms with van der Waals surface area (Å²) in [7, 11) is 0. The van der Waals surface area contributed by atoms with Crippen LogP contribution in [0.25, 0.3) is 0 Å². The van der Waals surface area contributed by atoms with Gasteiger partial charge in [-0.1, -0.05) is 262 Å². The van der Waals surface area contributed by atoms with Gasteiger partial charge in [0.15, 0.2) is 6.10 Å². The number of allylic oxidation sites excluding steroid dienone is 8. The predicted octanol–water partition coefficient (Wildman–Crippen LogP) is 19.8. The topological polar surface area (TPSA) is 78.9 Å². The number of carbonyl (C=O) groups is 3. The summed E-state index contributed by atoms with van der Waals surface area (Å²) in [6, 6.07) is 0. The summed E-state index contributed by atoms with van der Waals surface area (Å²) in [5, 5.41) is 0. The molecule has 1 atom stereocenters. The van der Waals surface area contributed by atoms with E-state index in [1.807, 2.05) is 0 Å². The zero-order valence-corrected chi connectivity index (χ0v) is 45.4. The Morgan fingerprint density at radius 1 is 0.309 bits per heavy atom. The van der Waals surface area contributed by atoms with Gasteiger partial charge in [-0.3, -0.25) is 14.4 Å². The molecule has 68 heavy (non-hydrogen) atoms. The molecule has 396 valence electrons. The molecule has 1 unspecified atom stereocenters. The number of rotatable bonds is 54. The van der Waals surface area contributed by atoms with Crippen molar-refractivity contribution in [1.82, 2.24) is 0 Å². The van der Waals surface area contributed by atoms with Gasteiger partial charge in [-0.05, 0) is 77.0 Å². The van der Waals surface area contributed by atoms with Gasteiger partial charge in [0.1, 0.15) is 13.2 Å². The summed E-state index contributed by atoms with van der Waals surface area (Å²) in [5.41, 5.74) is 0. The first kappa shape index (κ1) is 65.4. The lowest BCUT2D eigenvalue weighted by Crippen LogP contribution is -2.30. The third kappa shape index (κ3) is 54.3. The van der Waals surface area contributed by atoms with Crippen molar-refractivity contribution < 1.29 is 28.6 Å². The molecule has 0 aromatic carbocycles. The molecule has 0 aliphatic heterocycles. The van der Waals surface area contributed by atoms with Gasteiger partial charge in [-0.15, -0.1) is 0 Å². The maximum absolute atomic E-state index is 12.9. The first-order valence-corrected chi connectivity index (χ1v) is 29.6. The van der Waals surface area contributed by atoms with Crippen LogP contribution in [0.2, 0.25) is 0 Å². The van der Waals surface area contributed by atoms with Crippen LogP contribution in [0.15, 0.2) is 48.6 Å².